The Hall–Kier alpha value is -1.27. The molecule has 1 heteroatoms. The van der Waals surface area contributed by atoms with Crippen LogP contribution in [0.25, 0.3) is 11.1 Å². The third kappa shape index (κ3) is 3.55. The molecule has 22 heavy (non-hydrogen) atoms. The van der Waals surface area contributed by atoms with Crippen LogP contribution in [0.4, 0.5) is 0 Å². The Kier molecular flexibility index (Phi) is 5.56. The molecule has 0 spiro atoms. The van der Waals surface area contributed by atoms with Gasteiger partial charge in [0.15, 0.2) is 0 Å². The number of hydrogen-bond donors (Lipinski definition) is 0. The molecule has 0 saturated carbocycles. The van der Waals surface area contributed by atoms with Gasteiger partial charge in [0.05, 0.1) is 0 Å². The van der Waals surface area contributed by atoms with Gasteiger partial charge >= 0.3 is 0 Å². The molecule has 0 radical (unpaired) electrons. The highest BCUT2D eigenvalue weighted by Crippen LogP contribution is 2.38. The first-order valence-electron chi connectivity index (χ1n) is 8.65. The van der Waals surface area contributed by atoms with Crippen LogP contribution in [0.3, 0.4) is 0 Å². The van der Waals surface area contributed by atoms with Gasteiger partial charge in [0.2, 0.25) is 0 Å². The van der Waals surface area contributed by atoms with Gasteiger partial charge in [-0.1, -0.05) is 68.1 Å². The van der Waals surface area contributed by atoms with E-state index < -0.39 is 0 Å². The van der Waals surface area contributed by atoms with Gasteiger partial charge in [-0.25, -0.2) is 0 Å². The molecule has 1 aliphatic rings. The molecule has 0 amide bonds. The maximum Gasteiger partial charge on any atom is 0.0223 e. The normalized spacial score (nSPS) is 12.2. The summed E-state index contributed by atoms with van der Waals surface area (Å²) in [5.41, 5.74) is 7.54. The lowest BCUT2D eigenvalue weighted by Crippen LogP contribution is -1.93. The molecular weight excluding hydrogens is 288 g/mol. The van der Waals surface area contributed by atoms with E-state index in [1.807, 2.05) is 0 Å². The van der Waals surface area contributed by atoms with Crippen molar-refractivity contribution < 1.29 is 0 Å². The molecule has 0 heterocycles. The molecule has 116 valence electrons. The minimum Gasteiger partial charge on any atom is -0.127 e. The van der Waals surface area contributed by atoms with E-state index in [0.29, 0.717) is 0 Å². The second kappa shape index (κ2) is 7.83. The van der Waals surface area contributed by atoms with Crippen LogP contribution in [-0.4, -0.2) is 5.88 Å². The quantitative estimate of drug-likeness (QED) is 0.334. The summed E-state index contributed by atoms with van der Waals surface area (Å²) in [6.07, 6.45) is 10.2. The molecular formula is C21H25Cl. The highest BCUT2D eigenvalue weighted by Gasteiger charge is 2.19. The molecule has 0 N–H and O–H groups in total. The van der Waals surface area contributed by atoms with E-state index in [0.717, 1.165) is 12.3 Å². The number of halogens is 1. The molecule has 0 aromatic heterocycles. The minimum atomic E-state index is 0.816. The molecule has 2 aromatic rings. The van der Waals surface area contributed by atoms with Crippen LogP contribution in [0.2, 0.25) is 0 Å². The Morgan fingerprint density at radius 2 is 1.45 bits per heavy atom. The van der Waals surface area contributed by atoms with Crippen LogP contribution >= 0.6 is 11.6 Å². The summed E-state index contributed by atoms with van der Waals surface area (Å²) in [7, 11) is 0. The van der Waals surface area contributed by atoms with Crippen molar-refractivity contribution in [1.82, 2.24) is 0 Å². The van der Waals surface area contributed by atoms with Gasteiger partial charge in [0, 0.05) is 5.88 Å². The maximum atomic E-state index is 5.71. The van der Waals surface area contributed by atoms with E-state index in [-0.39, 0.29) is 0 Å². The third-order valence-corrected chi connectivity index (χ3v) is 5.04. The molecule has 3 rings (SSSR count). The fourth-order valence-corrected chi connectivity index (χ4v) is 3.76. The lowest BCUT2D eigenvalue weighted by atomic mass is 9.97. The van der Waals surface area contributed by atoms with Crippen molar-refractivity contribution in [2.45, 2.75) is 51.4 Å². The van der Waals surface area contributed by atoms with Crippen LogP contribution in [0.15, 0.2) is 42.5 Å². The Morgan fingerprint density at radius 1 is 0.727 bits per heavy atom. The summed E-state index contributed by atoms with van der Waals surface area (Å²) in [4.78, 5) is 0. The summed E-state index contributed by atoms with van der Waals surface area (Å²) in [5, 5.41) is 0. The predicted octanol–water partition coefficient (Wildman–Crippen LogP) is 6.38. The van der Waals surface area contributed by atoms with Crippen LogP contribution in [0.5, 0.6) is 0 Å². The Labute approximate surface area is 139 Å². The van der Waals surface area contributed by atoms with E-state index >= 15 is 0 Å². The van der Waals surface area contributed by atoms with Gasteiger partial charge in [-0.3, -0.25) is 0 Å². The van der Waals surface area contributed by atoms with Gasteiger partial charge in [0.25, 0.3) is 0 Å². The average molecular weight is 313 g/mol. The lowest BCUT2D eigenvalue weighted by Gasteiger charge is -2.08. The zero-order valence-corrected chi connectivity index (χ0v) is 14.0. The highest BCUT2D eigenvalue weighted by molar-refractivity contribution is 6.17. The van der Waals surface area contributed by atoms with Crippen molar-refractivity contribution in [2.75, 3.05) is 5.88 Å². The summed E-state index contributed by atoms with van der Waals surface area (Å²) in [6.45, 7) is 0. The molecule has 0 saturated heterocycles. The van der Waals surface area contributed by atoms with Crippen molar-refractivity contribution >= 4 is 11.6 Å². The number of hydrogen-bond acceptors (Lipinski definition) is 0. The maximum absolute atomic E-state index is 5.71. The average Bonchev–Trinajstić information content (AvgIpc) is 2.93. The number of fused-ring (bicyclic) bond motifs is 3. The van der Waals surface area contributed by atoms with Crippen LogP contribution in [0.1, 0.15) is 55.2 Å². The molecule has 0 unspecified atom stereocenters. The molecule has 0 aliphatic heterocycles. The van der Waals surface area contributed by atoms with E-state index in [4.69, 9.17) is 11.6 Å². The molecule has 0 nitrogen and oxygen atoms in total. The van der Waals surface area contributed by atoms with E-state index in [1.165, 1.54) is 61.6 Å². The van der Waals surface area contributed by atoms with Crippen LogP contribution in [0, 0.1) is 0 Å². The standard InChI is InChI=1S/C21H25Cl/c22-15-8-4-2-1-3-5-10-17-12-9-14-20-19-13-7-6-11-18(19)16-21(17)20/h6-7,9,11-14H,1-5,8,10,15-16H2. The molecule has 1 aliphatic carbocycles. The largest absolute Gasteiger partial charge is 0.127 e. The van der Waals surface area contributed by atoms with E-state index in [1.54, 1.807) is 11.1 Å². The zero-order valence-electron chi connectivity index (χ0n) is 13.3. The monoisotopic (exact) mass is 312 g/mol. The number of benzene rings is 2. The van der Waals surface area contributed by atoms with Gasteiger partial charge in [-0.15, -0.1) is 11.6 Å². The van der Waals surface area contributed by atoms with Crippen molar-refractivity contribution in [3.8, 4) is 11.1 Å². The van der Waals surface area contributed by atoms with Gasteiger partial charge in [-0.05, 0) is 53.5 Å². The second-order valence-electron chi connectivity index (χ2n) is 6.34. The first-order valence-corrected chi connectivity index (χ1v) is 9.18. The zero-order chi connectivity index (χ0) is 15.2. The Morgan fingerprint density at radius 3 is 2.32 bits per heavy atom. The van der Waals surface area contributed by atoms with Crippen molar-refractivity contribution in [3.63, 3.8) is 0 Å². The number of rotatable bonds is 8. The van der Waals surface area contributed by atoms with Gasteiger partial charge < -0.3 is 0 Å². The van der Waals surface area contributed by atoms with Crippen LogP contribution in [-0.2, 0) is 12.8 Å². The van der Waals surface area contributed by atoms with Gasteiger partial charge in [0.1, 0.15) is 0 Å². The lowest BCUT2D eigenvalue weighted by molar-refractivity contribution is 0.608. The third-order valence-electron chi connectivity index (χ3n) is 4.78. The SMILES string of the molecule is ClCCCCCCCCc1cccc2c1Cc1ccccc1-2. The number of aryl methyl sites for hydroxylation is 1. The van der Waals surface area contributed by atoms with Gasteiger partial charge in [-0.2, -0.15) is 0 Å². The molecule has 0 atom stereocenters. The minimum absolute atomic E-state index is 0.816. The number of unbranched alkanes of at least 4 members (excludes halogenated alkanes) is 5. The Balaban J connectivity index is 1.56. The van der Waals surface area contributed by atoms with Crippen molar-refractivity contribution in [3.05, 3.63) is 59.2 Å². The highest BCUT2D eigenvalue weighted by atomic mass is 35.5. The second-order valence-corrected chi connectivity index (χ2v) is 6.72. The molecule has 2 aromatic carbocycles. The van der Waals surface area contributed by atoms with Crippen molar-refractivity contribution in [2.24, 2.45) is 0 Å². The summed E-state index contributed by atoms with van der Waals surface area (Å²) >= 11 is 5.71. The number of alkyl halides is 1. The molecule has 0 fully saturated rings. The predicted molar refractivity (Wildman–Crippen MR) is 96.8 cm³/mol. The summed E-state index contributed by atoms with van der Waals surface area (Å²) in [6, 6.07) is 15.7. The first kappa shape index (κ1) is 15.6. The van der Waals surface area contributed by atoms with Crippen molar-refractivity contribution in [1.29, 1.82) is 0 Å². The smallest absolute Gasteiger partial charge is 0.0223 e. The van der Waals surface area contributed by atoms with E-state index in [2.05, 4.69) is 42.5 Å². The topological polar surface area (TPSA) is 0 Å². The van der Waals surface area contributed by atoms with E-state index in [9.17, 15) is 0 Å². The fraction of sp³-hybridized carbons (Fsp3) is 0.429. The Bertz CT molecular complexity index is 615. The fourth-order valence-electron chi connectivity index (χ4n) is 3.57. The summed E-state index contributed by atoms with van der Waals surface area (Å²) < 4.78 is 0. The molecule has 0 bridgehead atoms. The summed E-state index contributed by atoms with van der Waals surface area (Å²) in [5.74, 6) is 0.816. The van der Waals surface area contributed by atoms with Crippen LogP contribution < -0.4 is 0 Å². The first-order chi connectivity index (χ1) is 10.9.